The van der Waals surface area contributed by atoms with E-state index in [2.05, 4.69) is 5.10 Å². The summed E-state index contributed by atoms with van der Waals surface area (Å²) in [4.78, 5) is 43.1. The van der Waals surface area contributed by atoms with E-state index in [9.17, 15) is 24.5 Å². The highest BCUT2D eigenvalue weighted by Crippen LogP contribution is 2.07. The van der Waals surface area contributed by atoms with Gasteiger partial charge in [-0.2, -0.15) is 5.10 Å². The molecule has 0 fully saturated rings. The van der Waals surface area contributed by atoms with Crippen molar-refractivity contribution in [3.63, 3.8) is 0 Å². The number of hydrogen-bond donors (Lipinski definition) is 2. The Kier molecular flexibility index (Phi) is 4.72. The molecule has 1 aromatic heterocycles. The highest BCUT2D eigenvalue weighted by Gasteiger charge is 2.21. The summed E-state index contributed by atoms with van der Waals surface area (Å²) in [5, 5.41) is 31.2. The summed E-state index contributed by atoms with van der Waals surface area (Å²) in [6, 6.07) is 0. The summed E-state index contributed by atoms with van der Waals surface area (Å²) in [7, 11) is 0. The zero-order chi connectivity index (χ0) is 15.3. The van der Waals surface area contributed by atoms with E-state index in [1.165, 1.54) is 0 Å². The van der Waals surface area contributed by atoms with Crippen LogP contribution in [0.2, 0.25) is 0 Å². The van der Waals surface area contributed by atoms with Crippen LogP contribution in [0.15, 0.2) is 12.4 Å². The smallest absolute Gasteiger partial charge is 0.323 e. The van der Waals surface area contributed by atoms with Gasteiger partial charge in [-0.25, -0.2) is 0 Å². The van der Waals surface area contributed by atoms with Gasteiger partial charge in [-0.1, -0.05) is 0 Å². The second-order valence-corrected chi connectivity index (χ2v) is 3.69. The molecule has 11 nitrogen and oxygen atoms in total. The fraction of sp³-hybridized carbons (Fsp3) is 0.333. The van der Waals surface area contributed by atoms with Gasteiger partial charge in [0.25, 0.3) is 0 Å². The summed E-state index contributed by atoms with van der Waals surface area (Å²) < 4.78 is 0.928. The summed E-state index contributed by atoms with van der Waals surface area (Å²) >= 11 is 0. The molecule has 0 unspecified atom stereocenters. The van der Waals surface area contributed by atoms with Crippen LogP contribution in [0.3, 0.4) is 0 Å². The number of nitrogens with zero attached hydrogens (tertiary/aromatic N) is 4. The van der Waals surface area contributed by atoms with Gasteiger partial charge < -0.3 is 15.1 Å². The minimum atomic E-state index is -1.37. The van der Waals surface area contributed by atoms with E-state index in [1.807, 2.05) is 0 Å². The zero-order valence-corrected chi connectivity index (χ0v) is 10.0. The largest absolute Gasteiger partial charge is 0.480 e. The first-order valence-corrected chi connectivity index (χ1v) is 5.18. The van der Waals surface area contributed by atoms with Gasteiger partial charge in [-0.05, 0) is 0 Å². The number of carbonyl (C=O) groups excluding carboxylic acids is 1. The molecule has 1 heterocycles. The predicted molar refractivity (Wildman–Crippen MR) is 60.7 cm³/mol. The molecule has 0 radical (unpaired) electrons. The Morgan fingerprint density at radius 1 is 1.30 bits per heavy atom. The minimum absolute atomic E-state index is 0.333. The number of carboxylic acid groups (broad SMARTS) is 2. The van der Waals surface area contributed by atoms with Gasteiger partial charge in [-0.15, -0.1) is 0 Å². The lowest BCUT2D eigenvalue weighted by atomic mass is 10.4. The van der Waals surface area contributed by atoms with Gasteiger partial charge in [0.15, 0.2) is 0 Å². The van der Waals surface area contributed by atoms with Crippen molar-refractivity contribution in [2.75, 3.05) is 13.1 Å². The number of carboxylic acids is 2. The Morgan fingerprint density at radius 2 is 1.85 bits per heavy atom. The standard InChI is InChI=1S/C9H10N4O7/c14-7(11(4-8(15)16)5-9(17)18)3-12-2-6(1-10-12)13(19)20/h1-2H,3-5H2,(H,15,16)(H,17,18). The lowest BCUT2D eigenvalue weighted by molar-refractivity contribution is -0.385. The third kappa shape index (κ3) is 4.36. The van der Waals surface area contributed by atoms with Crippen molar-refractivity contribution in [2.45, 2.75) is 6.54 Å². The Bertz CT molecular complexity index is 536. The van der Waals surface area contributed by atoms with Crippen molar-refractivity contribution in [3.05, 3.63) is 22.5 Å². The van der Waals surface area contributed by atoms with Crippen molar-refractivity contribution in [2.24, 2.45) is 0 Å². The normalized spacial score (nSPS) is 10.0. The van der Waals surface area contributed by atoms with Gasteiger partial charge in [0.1, 0.15) is 32.0 Å². The van der Waals surface area contributed by atoms with E-state index < -0.39 is 42.4 Å². The first-order chi connectivity index (χ1) is 9.29. The van der Waals surface area contributed by atoms with Crippen LogP contribution < -0.4 is 0 Å². The fourth-order valence-corrected chi connectivity index (χ4v) is 1.33. The van der Waals surface area contributed by atoms with E-state index in [1.54, 1.807) is 0 Å². The molecule has 20 heavy (non-hydrogen) atoms. The summed E-state index contributed by atoms with van der Waals surface area (Å²) in [5.74, 6) is -3.56. The molecule has 1 aromatic rings. The third-order valence-electron chi connectivity index (χ3n) is 2.13. The maximum absolute atomic E-state index is 11.7. The molecular weight excluding hydrogens is 276 g/mol. The quantitative estimate of drug-likeness (QED) is 0.467. The average molecular weight is 286 g/mol. The Balaban J connectivity index is 2.75. The topological polar surface area (TPSA) is 156 Å². The highest BCUT2D eigenvalue weighted by atomic mass is 16.6. The second-order valence-electron chi connectivity index (χ2n) is 3.69. The van der Waals surface area contributed by atoms with Crippen LogP contribution in [-0.2, 0) is 20.9 Å². The molecule has 0 saturated carbocycles. The van der Waals surface area contributed by atoms with Gasteiger partial charge in [-0.3, -0.25) is 29.2 Å². The van der Waals surface area contributed by atoms with Crippen LogP contribution in [0.1, 0.15) is 0 Å². The van der Waals surface area contributed by atoms with Crippen LogP contribution >= 0.6 is 0 Å². The molecular formula is C9H10N4O7. The Morgan fingerprint density at radius 3 is 2.25 bits per heavy atom. The zero-order valence-electron chi connectivity index (χ0n) is 10.0. The lowest BCUT2D eigenvalue weighted by Crippen LogP contribution is -2.41. The number of amides is 1. The molecule has 0 atom stereocenters. The number of aliphatic carboxylic acids is 2. The number of hydrogen-bond acceptors (Lipinski definition) is 6. The molecule has 0 aliphatic heterocycles. The molecule has 2 N–H and O–H groups in total. The number of rotatable bonds is 7. The monoisotopic (exact) mass is 286 g/mol. The number of nitro groups is 1. The molecule has 0 saturated heterocycles. The molecule has 1 rings (SSSR count). The Labute approximate surface area is 111 Å². The third-order valence-corrected chi connectivity index (χ3v) is 2.13. The first kappa shape index (κ1) is 15.1. The van der Waals surface area contributed by atoms with Crippen molar-refractivity contribution >= 4 is 23.5 Å². The summed E-state index contributed by atoms with van der Waals surface area (Å²) in [6.07, 6.45) is 1.91. The predicted octanol–water partition coefficient (Wildman–Crippen LogP) is -1.21. The van der Waals surface area contributed by atoms with E-state index in [0.29, 0.717) is 4.90 Å². The number of carbonyl (C=O) groups is 3. The van der Waals surface area contributed by atoms with E-state index in [4.69, 9.17) is 10.2 Å². The molecule has 1 amide bonds. The molecule has 0 aliphatic carbocycles. The SMILES string of the molecule is O=C(O)CN(CC(=O)O)C(=O)Cn1cc([N+](=O)[O-])cn1. The first-order valence-electron chi connectivity index (χ1n) is 5.18. The van der Waals surface area contributed by atoms with Crippen LogP contribution in [-0.4, -0.2) is 60.8 Å². The van der Waals surface area contributed by atoms with Crippen molar-refractivity contribution in [1.82, 2.24) is 14.7 Å². The number of aromatic nitrogens is 2. The molecule has 108 valence electrons. The van der Waals surface area contributed by atoms with Crippen molar-refractivity contribution in [1.29, 1.82) is 0 Å². The summed E-state index contributed by atoms with van der Waals surface area (Å²) in [6.45, 7) is -2.06. The van der Waals surface area contributed by atoms with E-state index >= 15 is 0 Å². The van der Waals surface area contributed by atoms with Crippen molar-refractivity contribution < 1.29 is 29.5 Å². The second kappa shape index (κ2) is 6.26. The van der Waals surface area contributed by atoms with Crippen molar-refractivity contribution in [3.8, 4) is 0 Å². The van der Waals surface area contributed by atoms with Crippen LogP contribution in [0.25, 0.3) is 0 Å². The van der Waals surface area contributed by atoms with E-state index in [-0.39, 0.29) is 5.69 Å². The van der Waals surface area contributed by atoms with Gasteiger partial charge in [0.2, 0.25) is 5.91 Å². The van der Waals surface area contributed by atoms with Gasteiger partial charge in [0, 0.05) is 0 Å². The maximum Gasteiger partial charge on any atom is 0.323 e. The molecule has 0 bridgehead atoms. The van der Waals surface area contributed by atoms with Gasteiger partial charge in [0.05, 0.1) is 4.92 Å². The fourth-order valence-electron chi connectivity index (χ4n) is 1.33. The van der Waals surface area contributed by atoms with Crippen LogP contribution in [0.4, 0.5) is 5.69 Å². The van der Waals surface area contributed by atoms with Crippen LogP contribution in [0, 0.1) is 10.1 Å². The molecule has 0 aliphatic rings. The maximum atomic E-state index is 11.7. The van der Waals surface area contributed by atoms with Gasteiger partial charge >= 0.3 is 17.6 Å². The lowest BCUT2D eigenvalue weighted by Gasteiger charge is -2.18. The van der Waals surface area contributed by atoms with Crippen LogP contribution in [0.5, 0.6) is 0 Å². The molecule has 11 heteroatoms. The molecule has 0 spiro atoms. The molecule has 0 aromatic carbocycles. The van der Waals surface area contributed by atoms with E-state index in [0.717, 1.165) is 17.1 Å². The highest BCUT2D eigenvalue weighted by molar-refractivity contribution is 5.84. The minimum Gasteiger partial charge on any atom is -0.480 e. The average Bonchev–Trinajstić information content (AvgIpc) is 2.75. The summed E-state index contributed by atoms with van der Waals surface area (Å²) in [5.41, 5.74) is -0.333. The Hall–Kier alpha value is -2.98.